The van der Waals surface area contributed by atoms with Crippen LogP contribution in [0, 0.1) is 5.92 Å². The number of benzene rings is 1. The van der Waals surface area contributed by atoms with Crippen LogP contribution in [0.25, 0.3) is 0 Å². The third-order valence-corrected chi connectivity index (χ3v) is 5.47. The van der Waals surface area contributed by atoms with E-state index in [4.69, 9.17) is 11.6 Å². The van der Waals surface area contributed by atoms with E-state index in [-0.39, 0.29) is 24.3 Å². The van der Waals surface area contributed by atoms with Gasteiger partial charge in [-0.1, -0.05) is 30.9 Å². The highest BCUT2D eigenvalue weighted by Gasteiger charge is 2.24. The zero-order valence-electron chi connectivity index (χ0n) is 14.5. The smallest absolute Gasteiger partial charge is 0.242 e. The molecule has 0 aromatic heterocycles. The van der Waals surface area contributed by atoms with Gasteiger partial charge in [-0.2, -0.15) is 0 Å². The van der Waals surface area contributed by atoms with Gasteiger partial charge in [0.05, 0.1) is 6.54 Å². The third-order valence-electron chi connectivity index (χ3n) is 5.21. The summed E-state index contributed by atoms with van der Waals surface area (Å²) in [7, 11) is 0. The number of hydrogen-bond acceptors (Lipinski definition) is 3. The molecule has 25 heavy (non-hydrogen) atoms. The normalized spacial score (nSPS) is 18.9. The molecule has 1 aromatic rings. The van der Waals surface area contributed by atoms with E-state index in [1.165, 1.54) is 6.42 Å². The molecule has 2 amide bonds. The molecular weight excluding hydrogens is 338 g/mol. The summed E-state index contributed by atoms with van der Waals surface area (Å²) >= 11 is 5.93. The Balaban J connectivity index is 1.42. The average Bonchev–Trinajstić information content (AvgIpc) is 2.67. The van der Waals surface area contributed by atoms with Gasteiger partial charge in [0.2, 0.25) is 11.8 Å². The molecule has 0 unspecified atom stereocenters. The van der Waals surface area contributed by atoms with Crippen molar-refractivity contribution < 1.29 is 9.59 Å². The summed E-state index contributed by atoms with van der Waals surface area (Å²) in [6.07, 6.45) is 5.39. The van der Waals surface area contributed by atoms with Crippen LogP contribution in [0.15, 0.2) is 24.3 Å². The van der Waals surface area contributed by atoms with E-state index in [1.54, 1.807) is 0 Å². The number of amides is 2. The van der Waals surface area contributed by atoms with Crippen LogP contribution in [0.2, 0.25) is 5.02 Å². The van der Waals surface area contributed by atoms with Crippen molar-refractivity contribution in [3.63, 3.8) is 0 Å². The van der Waals surface area contributed by atoms with Crippen LogP contribution in [-0.2, 0) is 9.59 Å². The molecule has 2 fully saturated rings. The topological polar surface area (TPSA) is 52.7 Å². The van der Waals surface area contributed by atoms with Crippen molar-refractivity contribution in [2.45, 2.75) is 32.1 Å². The Morgan fingerprint density at radius 3 is 2.28 bits per heavy atom. The predicted molar refractivity (Wildman–Crippen MR) is 99.8 cm³/mol. The quantitative estimate of drug-likeness (QED) is 0.894. The number of rotatable bonds is 4. The first-order valence-electron chi connectivity index (χ1n) is 9.19. The minimum atomic E-state index is 0.0138. The summed E-state index contributed by atoms with van der Waals surface area (Å²) in [6.45, 7) is 3.08. The molecule has 5 nitrogen and oxygen atoms in total. The van der Waals surface area contributed by atoms with Gasteiger partial charge in [0, 0.05) is 42.8 Å². The van der Waals surface area contributed by atoms with Crippen LogP contribution in [0.3, 0.4) is 0 Å². The van der Waals surface area contributed by atoms with E-state index in [2.05, 4.69) is 10.2 Å². The Bertz CT molecular complexity index is 591. The van der Waals surface area contributed by atoms with E-state index < -0.39 is 0 Å². The molecule has 1 saturated carbocycles. The van der Waals surface area contributed by atoms with Gasteiger partial charge in [0.25, 0.3) is 0 Å². The van der Waals surface area contributed by atoms with Crippen LogP contribution < -0.4 is 10.2 Å². The lowest BCUT2D eigenvalue weighted by atomic mass is 9.89. The van der Waals surface area contributed by atoms with Gasteiger partial charge in [-0.3, -0.25) is 9.59 Å². The second kappa shape index (κ2) is 8.56. The lowest BCUT2D eigenvalue weighted by Gasteiger charge is -2.36. The Hall–Kier alpha value is -1.75. The van der Waals surface area contributed by atoms with Crippen molar-refractivity contribution in [3.05, 3.63) is 29.3 Å². The number of nitrogens with zero attached hydrogens (tertiary/aromatic N) is 2. The number of halogens is 1. The lowest BCUT2D eigenvalue weighted by molar-refractivity contribution is -0.134. The van der Waals surface area contributed by atoms with Crippen molar-refractivity contribution in [3.8, 4) is 0 Å². The minimum absolute atomic E-state index is 0.0138. The van der Waals surface area contributed by atoms with Crippen LogP contribution in [-0.4, -0.2) is 49.4 Å². The van der Waals surface area contributed by atoms with Gasteiger partial charge in [-0.15, -0.1) is 0 Å². The van der Waals surface area contributed by atoms with Crippen molar-refractivity contribution in [1.82, 2.24) is 10.2 Å². The molecule has 1 N–H and O–H groups in total. The molecule has 0 bridgehead atoms. The number of nitrogens with one attached hydrogen (secondary N) is 1. The lowest BCUT2D eigenvalue weighted by Crippen LogP contribution is -2.51. The molecule has 1 aliphatic heterocycles. The summed E-state index contributed by atoms with van der Waals surface area (Å²) < 4.78 is 0. The molecule has 1 aromatic carbocycles. The number of carbonyl (C=O) groups excluding carboxylic acids is 2. The molecule has 0 atom stereocenters. The summed E-state index contributed by atoms with van der Waals surface area (Å²) in [6, 6.07) is 7.78. The Labute approximate surface area is 154 Å². The van der Waals surface area contributed by atoms with Crippen LogP contribution in [0.5, 0.6) is 0 Å². The highest BCUT2D eigenvalue weighted by Crippen LogP contribution is 2.23. The maximum Gasteiger partial charge on any atom is 0.242 e. The molecule has 1 saturated heterocycles. The molecule has 0 spiro atoms. The fraction of sp³-hybridized carbons (Fsp3) is 0.579. The van der Waals surface area contributed by atoms with E-state index >= 15 is 0 Å². The zero-order chi connectivity index (χ0) is 17.6. The van der Waals surface area contributed by atoms with Crippen molar-refractivity contribution >= 4 is 29.1 Å². The van der Waals surface area contributed by atoms with E-state index in [9.17, 15) is 9.59 Å². The highest BCUT2D eigenvalue weighted by atomic mass is 35.5. The van der Waals surface area contributed by atoms with Gasteiger partial charge in [0.15, 0.2) is 0 Å². The molecule has 136 valence electrons. The first-order chi connectivity index (χ1) is 12.1. The average molecular weight is 364 g/mol. The SMILES string of the molecule is O=C(NCC(=O)N1CCN(c2ccc(Cl)cc2)CC1)C1CCCCC1. The second-order valence-corrected chi connectivity index (χ2v) is 7.33. The van der Waals surface area contributed by atoms with Gasteiger partial charge in [-0.05, 0) is 37.1 Å². The molecule has 2 aliphatic rings. The predicted octanol–water partition coefficient (Wildman–Crippen LogP) is 2.69. The van der Waals surface area contributed by atoms with E-state index in [0.717, 1.165) is 49.5 Å². The maximum atomic E-state index is 12.3. The zero-order valence-corrected chi connectivity index (χ0v) is 15.3. The van der Waals surface area contributed by atoms with Gasteiger partial charge < -0.3 is 15.1 Å². The van der Waals surface area contributed by atoms with Crippen molar-refractivity contribution in [1.29, 1.82) is 0 Å². The molecule has 0 radical (unpaired) electrons. The third kappa shape index (κ3) is 4.88. The summed E-state index contributed by atoms with van der Waals surface area (Å²) in [5.74, 6) is 0.163. The van der Waals surface area contributed by atoms with Gasteiger partial charge in [-0.25, -0.2) is 0 Å². The number of anilines is 1. The molecular formula is C19H26ClN3O2. The second-order valence-electron chi connectivity index (χ2n) is 6.90. The largest absolute Gasteiger partial charge is 0.368 e. The van der Waals surface area contributed by atoms with Gasteiger partial charge >= 0.3 is 0 Å². The molecule has 3 rings (SSSR count). The number of hydrogen-bond donors (Lipinski definition) is 1. The number of piperazine rings is 1. The van der Waals surface area contributed by atoms with Crippen LogP contribution in [0.1, 0.15) is 32.1 Å². The maximum absolute atomic E-state index is 12.3. The Morgan fingerprint density at radius 2 is 1.64 bits per heavy atom. The van der Waals surface area contributed by atoms with E-state index in [0.29, 0.717) is 13.1 Å². The monoisotopic (exact) mass is 363 g/mol. The fourth-order valence-electron chi connectivity index (χ4n) is 3.65. The molecule has 1 aliphatic carbocycles. The van der Waals surface area contributed by atoms with Crippen molar-refractivity contribution in [2.75, 3.05) is 37.6 Å². The van der Waals surface area contributed by atoms with Gasteiger partial charge in [0.1, 0.15) is 0 Å². The summed E-state index contributed by atoms with van der Waals surface area (Å²) in [5.41, 5.74) is 1.13. The number of carbonyl (C=O) groups is 2. The van der Waals surface area contributed by atoms with Crippen LogP contribution >= 0.6 is 11.6 Å². The highest BCUT2D eigenvalue weighted by molar-refractivity contribution is 6.30. The molecule has 6 heteroatoms. The van der Waals surface area contributed by atoms with E-state index in [1.807, 2.05) is 29.2 Å². The van der Waals surface area contributed by atoms with Crippen LogP contribution in [0.4, 0.5) is 5.69 Å². The van der Waals surface area contributed by atoms with Crippen molar-refractivity contribution in [2.24, 2.45) is 5.92 Å². The first kappa shape index (κ1) is 18.1. The standard InChI is InChI=1S/C19H26ClN3O2/c20-16-6-8-17(9-7-16)22-10-12-23(13-11-22)18(24)14-21-19(25)15-4-2-1-3-5-15/h6-9,15H,1-5,10-14H2,(H,21,25). The summed E-state index contributed by atoms with van der Waals surface area (Å²) in [5, 5.41) is 3.57. The molecule has 1 heterocycles. The Morgan fingerprint density at radius 1 is 1.00 bits per heavy atom. The first-order valence-corrected chi connectivity index (χ1v) is 9.57. The Kier molecular flexibility index (Phi) is 6.19. The summed E-state index contributed by atoms with van der Waals surface area (Å²) in [4.78, 5) is 28.6. The fourth-order valence-corrected chi connectivity index (χ4v) is 3.78. The minimum Gasteiger partial charge on any atom is -0.368 e.